The molecule has 180 valence electrons. The Morgan fingerprint density at radius 3 is 2.44 bits per heavy atom. The number of hydrogen-bond donors (Lipinski definition) is 1. The van der Waals surface area contributed by atoms with Gasteiger partial charge in [-0.1, -0.05) is 0 Å². The molecule has 1 N–H and O–H groups in total. The molecular weight excluding hydrogens is 452 g/mol. The van der Waals surface area contributed by atoms with Crippen molar-refractivity contribution in [2.45, 2.75) is 56.9 Å². The van der Waals surface area contributed by atoms with Crippen molar-refractivity contribution in [1.82, 2.24) is 9.29 Å². The topological polar surface area (TPSA) is 99.7 Å². The molecule has 1 atom stereocenters. The third-order valence-corrected chi connectivity index (χ3v) is 8.95. The summed E-state index contributed by atoms with van der Waals surface area (Å²) in [5, 5.41) is 2.85. The number of sulfonamides is 1. The largest absolute Gasteiger partial charge is 0.310 e. The summed E-state index contributed by atoms with van der Waals surface area (Å²) in [6, 6.07) is 8.83. The first kappa shape index (κ1) is 23.0. The van der Waals surface area contributed by atoms with Gasteiger partial charge in [-0.3, -0.25) is 9.59 Å². The van der Waals surface area contributed by atoms with Crippen molar-refractivity contribution < 1.29 is 18.0 Å². The van der Waals surface area contributed by atoms with Crippen LogP contribution in [0, 0.1) is 18.8 Å². The number of anilines is 2. The highest BCUT2D eigenvalue weighted by Gasteiger charge is 2.40. The van der Waals surface area contributed by atoms with Gasteiger partial charge < -0.3 is 10.2 Å². The molecule has 3 heterocycles. The van der Waals surface area contributed by atoms with Crippen molar-refractivity contribution in [2.75, 3.05) is 23.3 Å². The van der Waals surface area contributed by atoms with E-state index in [0.717, 1.165) is 29.7 Å². The summed E-state index contributed by atoms with van der Waals surface area (Å²) in [5.74, 6) is 0.417. The third kappa shape index (κ3) is 4.34. The van der Waals surface area contributed by atoms with Gasteiger partial charge in [0.15, 0.2) is 0 Å². The summed E-state index contributed by atoms with van der Waals surface area (Å²) >= 11 is 0. The fourth-order valence-electron chi connectivity index (χ4n) is 4.97. The van der Waals surface area contributed by atoms with Crippen LogP contribution in [0.5, 0.6) is 0 Å². The summed E-state index contributed by atoms with van der Waals surface area (Å²) in [4.78, 5) is 31.6. The van der Waals surface area contributed by atoms with Gasteiger partial charge in [-0.25, -0.2) is 13.4 Å². The lowest BCUT2D eigenvalue weighted by atomic mass is 9.97. The van der Waals surface area contributed by atoms with E-state index in [1.165, 1.54) is 4.31 Å². The molecule has 0 bridgehead atoms. The van der Waals surface area contributed by atoms with Gasteiger partial charge in [0.1, 0.15) is 5.82 Å². The van der Waals surface area contributed by atoms with Gasteiger partial charge in [-0.05, 0) is 87.4 Å². The summed E-state index contributed by atoms with van der Waals surface area (Å²) in [6.07, 6.45) is 5.12. The Bertz CT molecular complexity index is 1230. The number of nitrogens with zero attached hydrogens (tertiary/aromatic N) is 3. The van der Waals surface area contributed by atoms with Gasteiger partial charge in [0, 0.05) is 42.9 Å². The van der Waals surface area contributed by atoms with Crippen LogP contribution in [0.4, 0.5) is 11.5 Å². The van der Waals surface area contributed by atoms with Crippen molar-refractivity contribution in [3.05, 3.63) is 47.7 Å². The number of pyridine rings is 1. The Balaban J connectivity index is 1.25. The maximum Gasteiger partial charge on any atom is 0.243 e. The molecule has 8 nitrogen and oxygen atoms in total. The fourth-order valence-corrected chi connectivity index (χ4v) is 6.49. The van der Waals surface area contributed by atoms with Crippen LogP contribution in [0.2, 0.25) is 0 Å². The second-order valence-corrected chi connectivity index (χ2v) is 11.7. The van der Waals surface area contributed by atoms with Crippen LogP contribution in [0.25, 0.3) is 0 Å². The maximum atomic E-state index is 13.3. The number of fused-ring (bicyclic) bond motifs is 1. The molecule has 1 aliphatic carbocycles. The SMILES string of the molecule is Cc1ccnc(NC(=O)C2CCN(S(=O)(=O)c3ccc4c(c3)CC(C)N4C(=O)C3CC3)CC2)c1. The first-order valence-corrected chi connectivity index (χ1v) is 13.4. The molecular formula is C25H30N4O4S. The van der Waals surface area contributed by atoms with Gasteiger partial charge in [-0.15, -0.1) is 0 Å². The highest BCUT2D eigenvalue weighted by Crippen LogP contribution is 2.40. The molecule has 2 amide bonds. The van der Waals surface area contributed by atoms with Crippen LogP contribution < -0.4 is 10.2 Å². The minimum Gasteiger partial charge on any atom is -0.310 e. The molecule has 0 radical (unpaired) electrons. The minimum absolute atomic E-state index is 0.0400. The number of rotatable bonds is 5. The molecule has 9 heteroatoms. The van der Waals surface area contributed by atoms with Gasteiger partial charge in [0.25, 0.3) is 0 Å². The molecule has 5 rings (SSSR count). The van der Waals surface area contributed by atoms with E-state index in [1.54, 1.807) is 24.4 Å². The average Bonchev–Trinajstić information content (AvgIpc) is 3.60. The molecule has 1 saturated carbocycles. The Kier molecular flexibility index (Phi) is 5.93. The summed E-state index contributed by atoms with van der Waals surface area (Å²) < 4.78 is 28.2. The molecule has 3 aliphatic rings. The quantitative estimate of drug-likeness (QED) is 0.706. The Morgan fingerprint density at radius 2 is 1.76 bits per heavy atom. The molecule has 1 unspecified atom stereocenters. The zero-order valence-electron chi connectivity index (χ0n) is 19.5. The summed E-state index contributed by atoms with van der Waals surface area (Å²) in [6.45, 7) is 4.53. The van der Waals surface area contributed by atoms with Gasteiger partial charge in [-0.2, -0.15) is 4.31 Å². The van der Waals surface area contributed by atoms with Gasteiger partial charge in [0.05, 0.1) is 4.90 Å². The lowest BCUT2D eigenvalue weighted by Crippen LogP contribution is -2.41. The Hall–Kier alpha value is -2.78. The number of piperidine rings is 1. The van der Waals surface area contributed by atoms with Crippen LogP contribution in [0.15, 0.2) is 41.4 Å². The van der Waals surface area contributed by atoms with Crippen molar-refractivity contribution in [1.29, 1.82) is 0 Å². The van der Waals surface area contributed by atoms with Gasteiger partial charge in [0.2, 0.25) is 21.8 Å². The molecule has 1 saturated heterocycles. The average molecular weight is 483 g/mol. The molecule has 1 aromatic heterocycles. The van der Waals surface area contributed by atoms with Crippen molar-refractivity contribution in [3.8, 4) is 0 Å². The van der Waals surface area contributed by atoms with E-state index in [0.29, 0.717) is 38.2 Å². The fraction of sp³-hybridized carbons (Fsp3) is 0.480. The Morgan fingerprint density at radius 1 is 1.03 bits per heavy atom. The van der Waals surface area contributed by atoms with Crippen molar-refractivity contribution in [2.24, 2.45) is 11.8 Å². The lowest BCUT2D eigenvalue weighted by Gasteiger charge is -2.30. The Labute approximate surface area is 200 Å². The molecule has 1 aromatic carbocycles. The zero-order valence-corrected chi connectivity index (χ0v) is 20.3. The minimum atomic E-state index is -3.67. The molecule has 2 fully saturated rings. The van der Waals surface area contributed by atoms with Crippen LogP contribution in [-0.4, -0.2) is 48.7 Å². The van der Waals surface area contributed by atoms with E-state index in [4.69, 9.17) is 0 Å². The molecule has 34 heavy (non-hydrogen) atoms. The smallest absolute Gasteiger partial charge is 0.243 e. The number of carbonyl (C=O) groups excluding carboxylic acids is 2. The highest BCUT2D eigenvalue weighted by atomic mass is 32.2. The molecule has 2 aliphatic heterocycles. The van der Waals surface area contributed by atoms with Crippen LogP contribution in [-0.2, 0) is 26.0 Å². The molecule has 2 aromatic rings. The first-order chi connectivity index (χ1) is 16.2. The predicted octanol–water partition coefficient (Wildman–Crippen LogP) is 3.12. The second-order valence-electron chi connectivity index (χ2n) is 9.71. The highest BCUT2D eigenvalue weighted by molar-refractivity contribution is 7.89. The number of aryl methyl sites for hydroxylation is 1. The van der Waals surface area contributed by atoms with Crippen LogP contribution >= 0.6 is 0 Å². The third-order valence-electron chi connectivity index (χ3n) is 7.06. The summed E-state index contributed by atoms with van der Waals surface area (Å²) in [7, 11) is -3.67. The number of benzene rings is 1. The first-order valence-electron chi connectivity index (χ1n) is 11.9. The number of nitrogens with one attached hydrogen (secondary N) is 1. The van der Waals surface area contributed by atoms with E-state index in [-0.39, 0.29) is 34.6 Å². The van der Waals surface area contributed by atoms with Crippen molar-refractivity contribution >= 4 is 33.3 Å². The van der Waals surface area contributed by atoms with Crippen LogP contribution in [0.3, 0.4) is 0 Å². The van der Waals surface area contributed by atoms with Crippen molar-refractivity contribution in [3.63, 3.8) is 0 Å². The van der Waals surface area contributed by atoms with Crippen LogP contribution in [0.1, 0.15) is 43.7 Å². The number of hydrogen-bond acceptors (Lipinski definition) is 5. The van der Waals surface area contributed by atoms with E-state index < -0.39 is 10.0 Å². The number of carbonyl (C=O) groups is 2. The molecule has 0 spiro atoms. The summed E-state index contributed by atoms with van der Waals surface area (Å²) in [5.41, 5.74) is 2.75. The lowest BCUT2D eigenvalue weighted by molar-refractivity contribution is -0.121. The van der Waals surface area contributed by atoms with Gasteiger partial charge >= 0.3 is 0 Å². The standard InChI is InChI=1S/C25H30N4O4S/c1-16-7-10-26-23(13-16)27-24(30)18-8-11-28(12-9-18)34(32,33)21-5-6-22-20(15-21)14-17(2)29(22)25(31)19-3-4-19/h5-7,10,13,15,17-19H,3-4,8-9,11-12,14H2,1-2H3,(H,26,27,30). The zero-order chi connectivity index (χ0) is 24.0. The van der Waals surface area contributed by atoms with E-state index in [2.05, 4.69) is 10.3 Å². The van der Waals surface area contributed by atoms with E-state index >= 15 is 0 Å². The monoisotopic (exact) mass is 482 g/mol. The predicted molar refractivity (Wildman–Crippen MR) is 129 cm³/mol. The van der Waals surface area contributed by atoms with E-state index in [1.807, 2.05) is 30.9 Å². The van der Waals surface area contributed by atoms with E-state index in [9.17, 15) is 18.0 Å². The maximum absolute atomic E-state index is 13.3. The number of amides is 2. The normalized spacial score (nSPS) is 21.4. The number of aromatic nitrogens is 1. The second kappa shape index (κ2) is 8.78.